The summed E-state index contributed by atoms with van der Waals surface area (Å²) in [6, 6.07) is 2.33. The third-order valence-electron chi connectivity index (χ3n) is 3.87. The zero-order valence-corrected chi connectivity index (χ0v) is 16.8. The molecule has 8 nitrogen and oxygen atoms in total. The molecule has 9 heteroatoms. The van der Waals surface area contributed by atoms with Gasteiger partial charge in [-0.3, -0.25) is 0 Å². The molecule has 0 radical (unpaired) electrons. The van der Waals surface area contributed by atoms with Gasteiger partial charge in [-0.05, 0) is 39.8 Å². The molecule has 2 heterocycles. The molecule has 1 amide bonds. The molecular formula is C19H28FN3O5. The fraction of sp³-hybridized carbons (Fsp3) is 0.632. The van der Waals surface area contributed by atoms with Crippen molar-refractivity contribution in [3.63, 3.8) is 0 Å². The standard InChI is InChI=1S/C19H28FN3O5/c1-5-27-17(24)15-7-6-14(20)16(22-15)12-26-11-13-10-23(9-8-21-13)18(25)28-19(2,3)4/h6-7,13,21H,5,8-12H2,1-4H3/t13-/m1/s1. The number of carbonyl (C=O) groups excluding carboxylic acids is 2. The lowest BCUT2D eigenvalue weighted by Crippen LogP contribution is -2.55. The summed E-state index contributed by atoms with van der Waals surface area (Å²) in [4.78, 5) is 29.5. The first-order valence-electron chi connectivity index (χ1n) is 9.31. The van der Waals surface area contributed by atoms with Crippen molar-refractivity contribution < 1.29 is 28.2 Å². The molecular weight excluding hydrogens is 369 g/mol. The third kappa shape index (κ3) is 6.72. The van der Waals surface area contributed by atoms with Crippen LogP contribution in [0.25, 0.3) is 0 Å². The lowest BCUT2D eigenvalue weighted by Gasteiger charge is -2.34. The van der Waals surface area contributed by atoms with Crippen molar-refractivity contribution in [2.24, 2.45) is 0 Å². The Morgan fingerprint density at radius 3 is 2.79 bits per heavy atom. The van der Waals surface area contributed by atoms with Crippen LogP contribution in [0.15, 0.2) is 12.1 Å². The molecule has 0 bridgehead atoms. The molecule has 1 aliphatic heterocycles. The van der Waals surface area contributed by atoms with Crippen molar-refractivity contribution in [1.29, 1.82) is 0 Å². The van der Waals surface area contributed by atoms with Gasteiger partial charge >= 0.3 is 12.1 Å². The van der Waals surface area contributed by atoms with Crippen LogP contribution in [-0.2, 0) is 20.8 Å². The molecule has 0 spiro atoms. The number of pyridine rings is 1. The predicted octanol–water partition coefficient (Wildman–Crippen LogP) is 2.12. The van der Waals surface area contributed by atoms with E-state index in [-0.39, 0.29) is 43.3 Å². The van der Waals surface area contributed by atoms with Crippen LogP contribution in [0.1, 0.15) is 43.9 Å². The highest BCUT2D eigenvalue weighted by Crippen LogP contribution is 2.12. The Hall–Kier alpha value is -2.26. The summed E-state index contributed by atoms with van der Waals surface area (Å²) in [6.45, 7) is 9.09. The first-order chi connectivity index (χ1) is 13.2. The summed E-state index contributed by atoms with van der Waals surface area (Å²) in [7, 11) is 0. The van der Waals surface area contributed by atoms with Gasteiger partial charge in [0.25, 0.3) is 0 Å². The summed E-state index contributed by atoms with van der Waals surface area (Å²) >= 11 is 0. The number of nitrogens with zero attached hydrogens (tertiary/aromatic N) is 2. The Balaban J connectivity index is 1.86. The molecule has 0 unspecified atom stereocenters. The van der Waals surface area contributed by atoms with Gasteiger partial charge in [-0.1, -0.05) is 0 Å². The Morgan fingerprint density at radius 2 is 2.11 bits per heavy atom. The molecule has 1 aliphatic rings. The van der Waals surface area contributed by atoms with Crippen LogP contribution in [0.2, 0.25) is 0 Å². The van der Waals surface area contributed by atoms with Crippen LogP contribution in [0, 0.1) is 5.82 Å². The predicted molar refractivity (Wildman–Crippen MR) is 99.4 cm³/mol. The van der Waals surface area contributed by atoms with E-state index in [1.54, 1.807) is 11.8 Å². The van der Waals surface area contributed by atoms with Crippen LogP contribution < -0.4 is 5.32 Å². The second kappa shape index (κ2) is 9.79. The quantitative estimate of drug-likeness (QED) is 0.736. The number of ether oxygens (including phenoxy) is 3. The fourth-order valence-corrected chi connectivity index (χ4v) is 2.63. The molecule has 156 valence electrons. The first-order valence-corrected chi connectivity index (χ1v) is 9.31. The van der Waals surface area contributed by atoms with Gasteiger partial charge in [-0.25, -0.2) is 19.0 Å². The minimum Gasteiger partial charge on any atom is -0.461 e. The molecule has 0 aromatic carbocycles. The summed E-state index contributed by atoms with van der Waals surface area (Å²) in [5.74, 6) is -1.16. The summed E-state index contributed by atoms with van der Waals surface area (Å²) in [5.41, 5.74) is -0.486. The zero-order valence-electron chi connectivity index (χ0n) is 16.8. The summed E-state index contributed by atoms with van der Waals surface area (Å²) in [5, 5.41) is 3.25. The van der Waals surface area contributed by atoms with Crippen LogP contribution >= 0.6 is 0 Å². The van der Waals surface area contributed by atoms with Crippen LogP contribution in [-0.4, -0.2) is 66.4 Å². The summed E-state index contributed by atoms with van der Waals surface area (Å²) < 4.78 is 29.8. The van der Waals surface area contributed by atoms with E-state index in [1.807, 2.05) is 20.8 Å². The number of amides is 1. The minimum atomic E-state index is -0.606. The smallest absolute Gasteiger partial charge is 0.410 e. The number of hydrogen-bond donors (Lipinski definition) is 1. The van der Waals surface area contributed by atoms with Gasteiger partial charge in [-0.2, -0.15) is 0 Å². The lowest BCUT2D eigenvalue weighted by atomic mass is 10.2. The Bertz CT molecular complexity index is 693. The Morgan fingerprint density at radius 1 is 1.36 bits per heavy atom. The van der Waals surface area contributed by atoms with E-state index in [0.29, 0.717) is 19.6 Å². The lowest BCUT2D eigenvalue weighted by molar-refractivity contribution is 0.0124. The highest BCUT2D eigenvalue weighted by molar-refractivity contribution is 5.87. The monoisotopic (exact) mass is 397 g/mol. The van der Waals surface area contributed by atoms with E-state index in [0.717, 1.165) is 0 Å². The maximum atomic E-state index is 13.9. The molecule has 1 aromatic heterocycles. The average Bonchev–Trinajstić information content (AvgIpc) is 2.62. The highest BCUT2D eigenvalue weighted by Gasteiger charge is 2.27. The third-order valence-corrected chi connectivity index (χ3v) is 3.87. The van der Waals surface area contributed by atoms with Crippen LogP contribution in [0.3, 0.4) is 0 Å². The van der Waals surface area contributed by atoms with Gasteiger partial charge in [0.15, 0.2) is 0 Å². The topological polar surface area (TPSA) is 90.0 Å². The first kappa shape index (κ1) is 22.0. The SMILES string of the molecule is CCOC(=O)c1ccc(F)c(COC[C@H]2CN(C(=O)OC(C)(C)C)CCN2)n1. The van der Waals surface area contributed by atoms with Gasteiger partial charge in [0, 0.05) is 25.7 Å². The van der Waals surface area contributed by atoms with E-state index in [4.69, 9.17) is 14.2 Å². The van der Waals surface area contributed by atoms with E-state index >= 15 is 0 Å². The van der Waals surface area contributed by atoms with Gasteiger partial charge < -0.3 is 24.4 Å². The van der Waals surface area contributed by atoms with Gasteiger partial charge in [0.2, 0.25) is 0 Å². The average molecular weight is 397 g/mol. The van der Waals surface area contributed by atoms with Crippen molar-refractivity contribution in [2.45, 2.75) is 45.9 Å². The van der Waals surface area contributed by atoms with E-state index < -0.39 is 17.4 Å². The maximum absolute atomic E-state index is 13.9. The molecule has 1 atom stereocenters. The molecule has 1 N–H and O–H groups in total. The fourth-order valence-electron chi connectivity index (χ4n) is 2.63. The molecule has 0 aliphatic carbocycles. The van der Waals surface area contributed by atoms with Crippen molar-refractivity contribution in [1.82, 2.24) is 15.2 Å². The van der Waals surface area contributed by atoms with Crippen molar-refractivity contribution in [3.8, 4) is 0 Å². The molecule has 1 saturated heterocycles. The Labute approximate surface area is 164 Å². The molecule has 1 fully saturated rings. The van der Waals surface area contributed by atoms with Gasteiger partial charge in [-0.15, -0.1) is 0 Å². The maximum Gasteiger partial charge on any atom is 0.410 e. The second-order valence-corrected chi connectivity index (χ2v) is 7.44. The molecule has 2 rings (SSSR count). The summed E-state index contributed by atoms with van der Waals surface area (Å²) in [6.07, 6.45) is -0.367. The largest absolute Gasteiger partial charge is 0.461 e. The van der Waals surface area contributed by atoms with E-state index in [1.165, 1.54) is 12.1 Å². The van der Waals surface area contributed by atoms with Crippen molar-refractivity contribution in [2.75, 3.05) is 32.8 Å². The number of halogens is 1. The normalized spacial score (nSPS) is 17.3. The van der Waals surface area contributed by atoms with Crippen LogP contribution in [0.4, 0.5) is 9.18 Å². The van der Waals surface area contributed by atoms with E-state index in [9.17, 15) is 14.0 Å². The number of carbonyl (C=O) groups is 2. The van der Waals surface area contributed by atoms with Crippen LogP contribution in [0.5, 0.6) is 0 Å². The minimum absolute atomic E-state index is 0.0327. The van der Waals surface area contributed by atoms with Crippen molar-refractivity contribution in [3.05, 3.63) is 29.3 Å². The number of nitrogens with one attached hydrogen (secondary N) is 1. The number of hydrogen-bond acceptors (Lipinski definition) is 7. The molecule has 0 saturated carbocycles. The van der Waals surface area contributed by atoms with E-state index in [2.05, 4.69) is 10.3 Å². The molecule has 28 heavy (non-hydrogen) atoms. The van der Waals surface area contributed by atoms with Crippen molar-refractivity contribution >= 4 is 12.1 Å². The number of rotatable bonds is 6. The van der Waals surface area contributed by atoms with Gasteiger partial charge in [0.1, 0.15) is 22.8 Å². The second-order valence-electron chi connectivity index (χ2n) is 7.44. The number of piperazine rings is 1. The number of aromatic nitrogens is 1. The van der Waals surface area contributed by atoms with Gasteiger partial charge in [0.05, 0.1) is 19.8 Å². The zero-order chi connectivity index (χ0) is 20.7. The Kier molecular flexibility index (Phi) is 7.70. The molecule has 1 aromatic rings. The number of esters is 1. The highest BCUT2D eigenvalue weighted by atomic mass is 19.1.